The Morgan fingerprint density at radius 2 is 2.21 bits per heavy atom. The van der Waals surface area contributed by atoms with Gasteiger partial charge in [-0.3, -0.25) is 4.79 Å². The van der Waals surface area contributed by atoms with Crippen LogP contribution in [-0.4, -0.2) is 37.0 Å². The molecular weight excluding hydrogens is 311 g/mol. The van der Waals surface area contributed by atoms with Crippen LogP contribution in [0.5, 0.6) is 0 Å². The van der Waals surface area contributed by atoms with Crippen molar-refractivity contribution in [3.8, 4) is 5.69 Å². The number of carbonyl (C=O) groups is 1. The zero-order valence-corrected chi connectivity index (χ0v) is 12.0. The smallest absolute Gasteiger partial charge is 0.313 e. The standard InChI is InChI=1S/C10H8Cl2N4O2S/c1-5-2-3-6(11)9(8(5)12)16-10(13-14-15-16)19-4-7(17)18/h2-3H,4H2,1H3,(H,17,18). The Labute approximate surface area is 122 Å². The van der Waals surface area contributed by atoms with Gasteiger partial charge in [0.05, 0.1) is 15.8 Å². The van der Waals surface area contributed by atoms with Crippen LogP contribution < -0.4 is 0 Å². The fourth-order valence-corrected chi connectivity index (χ4v) is 2.50. The van der Waals surface area contributed by atoms with E-state index in [9.17, 15) is 4.79 Å². The van der Waals surface area contributed by atoms with Gasteiger partial charge in [0.2, 0.25) is 5.16 Å². The number of halogens is 2. The van der Waals surface area contributed by atoms with Gasteiger partial charge in [0.25, 0.3) is 0 Å². The molecule has 0 amide bonds. The Morgan fingerprint density at radius 3 is 2.89 bits per heavy atom. The van der Waals surface area contributed by atoms with Gasteiger partial charge in [-0.1, -0.05) is 41.0 Å². The van der Waals surface area contributed by atoms with E-state index in [2.05, 4.69) is 15.5 Å². The summed E-state index contributed by atoms with van der Waals surface area (Å²) in [5.41, 5.74) is 1.27. The number of aryl methyl sites for hydroxylation is 1. The minimum absolute atomic E-state index is 0.151. The van der Waals surface area contributed by atoms with Gasteiger partial charge in [-0.05, 0) is 29.0 Å². The first-order valence-corrected chi connectivity index (χ1v) is 6.83. The Bertz CT molecular complexity index is 632. The van der Waals surface area contributed by atoms with Crippen molar-refractivity contribution in [2.75, 3.05) is 5.75 Å². The highest BCUT2D eigenvalue weighted by molar-refractivity contribution is 7.99. The maximum Gasteiger partial charge on any atom is 0.313 e. The van der Waals surface area contributed by atoms with E-state index in [0.717, 1.165) is 17.3 Å². The first-order valence-electron chi connectivity index (χ1n) is 5.08. The quantitative estimate of drug-likeness (QED) is 0.872. The first kappa shape index (κ1) is 14.1. The molecule has 1 N–H and O–H groups in total. The number of rotatable bonds is 4. The number of hydrogen-bond donors (Lipinski definition) is 1. The van der Waals surface area contributed by atoms with Crippen LogP contribution in [0, 0.1) is 6.92 Å². The molecular formula is C10H8Cl2N4O2S. The predicted octanol–water partition coefficient (Wildman–Crippen LogP) is 2.45. The second-order valence-corrected chi connectivity index (χ2v) is 5.31. The maximum atomic E-state index is 10.6. The molecule has 0 aliphatic rings. The number of hydrogen-bond acceptors (Lipinski definition) is 5. The summed E-state index contributed by atoms with van der Waals surface area (Å²) in [6.45, 7) is 1.83. The lowest BCUT2D eigenvalue weighted by atomic mass is 10.2. The molecule has 6 nitrogen and oxygen atoms in total. The molecule has 1 heterocycles. The van der Waals surface area contributed by atoms with Gasteiger partial charge in [-0.2, -0.15) is 4.68 Å². The molecule has 1 aromatic heterocycles. The molecule has 0 saturated carbocycles. The van der Waals surface area contributed by atoms with Crippen molar-refractivity contribution in [2.45, 2.75) is 12.1 Å². The van der Waals surface area contributed by atoms with Gasteiger partial charge in [0.15, 0.2) is 0 Å². The molecule has 0 fully saturated rings. The number of thioether (sulfide) groups is 1. The zero-order valence-electron chi connectivity index (χ0n) is 9.67. The van der Waals surface area contributed by atoms with Gasteiger partial charge in [-0.15, -0.1) is 5.10 Å². The van der Waals surface area contributed by atoms with E-state index in [1.165, 1.54) is 4.68 Å². The minimum atomic E-state index is -0.957. The largest absolute Gasteiger partial charge is 0.481 e. The van der Waals surface area contributed by atoms with Crippen molar-refractivity contribution in [3.63, 3.8) is 0 Å². The Morgan fingerprint density at radius 1 is 1.47 bits per heavy atom. The van der Waals surface area contributed by atoms with Gasteiger partial charge < -0.3 is 5.11 Å². The molecule has 19 heavy (non-hydrogen) atoms. The molecule has 9 heteroatoms. The third-order valence-electron chi connectivity index (χ3n) is 2.24. The lowest BCUT2D eigenvalue weighted by Gasteiger charge is -2.09. The van der Waals surface area contributed by atoms with E-state index in [-0.39, 0.29) is 5.75 Å². The Kier molecular flexibility index (Phi) is 4.28. The van der Waals surface area contributed by atoms with Gasteiger partial charge >= 0.3 is 5.97 Å². The monoisotopic (exact) mass is 318 g/mol. The molecule has 0 aliphatic carbocycles. The fourth-order valence-electron chi connectivity index (χ4n) is 1.37. The molecule has 2 aromatic rings. The SMILES string of the molecule is Cc1ccc(Cl)c(-n2nnnc2SCC(=O)O)c1Cl. The maximum absolute atomic E-state index is 10.6. The Hall–Kier alpha value is -1.31. The second-order valence-electron chi connectivity index (χ2n) is 3.58. The Balaban J connectivity index is 2.45. The van der Waals surface area contributed by atoms with Crippen molar-refractivity contribution in [1.82, 2.24) is 20.2 Å². The molecule has 0 saturated heterocycles. The average Bonchev–Trinajstić information content (AvgIpc) is 2.80. The molecule has 0 radical (unpaired) electrons. The summed E-state index contributed by atoms with van der Waals surface area (Å²) in [4.78, 5) is 10.6. The van der Waals surface area contributed by atoms with Crippen molar-refractivity contribution in [1.29, 1.82) is 0 Å². The number of tetrazole rings is 1. The minimum Gasteiger partial charge on any atom is -0.481 e. The highest BCUT2D eigenvalue weighted by Gasteiger charge is 2.17. The van der Waals surface area contributed by atoms with Crippen molar-refractivity contribution in [2.24, 2.45) is 0 Å². The highest BCUT2D eigenvalue weighted by atomic mass is 35.5. The van der Waals surface area contributed by atoms with Crippen LogP contribution in [0.15, 0.2) is 17.3 Å². The average molecular weight is 319 g/mol. The van der Waals surface area contributed by atoms with Gasteiger partial charge in [-0.25, -0.2) is 0 Å². The highest BCUT2D eigenvalue weighted by Crippen LogP contribution is 2.32. The van der Waals surface area contributed by atoms with E-state index < -0.39 is 5.97 Å². The van der Waals surface area contributed by atoms with Crippen LogP contribution in [0.1, 0.15) is 5.56 Å². The third kappa shape index (κ3) is 2.99. The number of carboxylic acid groups (broad SMARTS) is 1. The van der Waals surface area contributed by atoms with E-state index >= 15 is 0 Å². The van der Waals surface area contributed by atoms with E-state index in [0.29, 0.717) is 20.9 Å². The van der Waals surface area contributed by atoms with Gasteiger partial charge in [0, 0.05) is 0 Å². The van der Waals surface area contributed by atoms with E-state index in [4.69, 9.17) is 28.3 Å². The summed E-state index contributed by atoms with van der Waals surface area (Å²) in [6.07, 6.45) is 0. The second kappa shape index (κ2) is 5.77. The summed E-state index contributed by atoms with van der Waals surface area (Å²) in [5, 5.41) is 20.9. The van der Waals surface area contributed by atoms with Gasteiger partial charge in [0.1, 0.15) is 5.69 Å². The first-order chi connectivity index (χ1) is 9.00. The van der Waals surface area contributed by atoms with Crippen LogP contribution in [0.3, 0.4) is 0 Å². The lowest BCUT2D eigenvalue weighted by molar-refractivity contribution is -0.133. The summed E-state index contributed by atoms with van der Waals surface area (Å²) < 4.78 is 1.34. The number of aromatic nitrogens is 4. The third-order valence-corrected chi connectivity index (χ3v) is 3.92. The molecule has 0 spiro atoms. The molecule has 2 rings (SSSR count). The zero-order chi connectivity index (χ0) is 14.0. The lowest BCUT2D eigenvalue weighted by Crippen LogP contribution is -2.04. The van der Waals surface area contributed by atoms with Crippen molar-refractivity contribution >= 4 is 40.9 Å². The molecule has 0 atom stereocenters. The van der Waals surface area contributed by atoms with Crippen LogP contribution in [-0.2, 0) is 4.79 Å². The number of aliphatic carboxylic acids is 1. The summed E-state index contributed by atoms with van der Waals surface area (Å²) >= 11 is 13.3. The van der Waals surface area contributed by atoms with Crippen LogP contribution in [0.2, 0.25) is 10.0 Å². The molecule has 1 aromatic carbocycles. The van der Waals surface area contributed by atoms with E-state index in [1.54, 1.807) is 12.1 Å². The van der Waals surface area contributed by atoms with Crippen molar-refractivity contribution in [3.05, 3.63) is 27.7 Å². The van der Waals surface area contributed by atoms with Crippen LogP contribution in [0.4, 0.5) is 0 Å². The predicted molar refractivity (Wildman–Crippen MR) is 72.3 cm³/mol. The molecule has 0 bridgehead atoms. The number of carboxylic acids is 1. The number of benzene rings is 1. The molecule has 0 unspecified atom stereocenters. The van der Waals surface area contributed by atoms with E-state index in [1.807, 2.05) is 6.92 Å². The normalized spacial score (nSPS) is 10.7. The van der Waals surface area contributed by atoms with Crippen molar-refractivity contribution < 1.29 is 9.90 Å². The van der Waals surface area contributed by atoms with Crippen LogP contribution >= 0.6 is 35.0 Å². The summed E-state index contributed by atoms with van der Waals surface area (Å²) in [6, 6.07) is 3.47. The molecule has 0 aliphatic heterocycles. The number of nitrogens with zero attached hydrogens (tertiary/aromatic N) is 4. The summed E-state index contributed by atoms with van der Waals surface area (Å²) in [5.74, 6) is -1.11. The molecule has 100 valence electrons. The topological polar surface area (TPSA) is 80.9 Å². The fraction of sp³-hybridized carbons (Fsp3) is 0.200. The van der Waals surface area contributed by atoms with Crippen LogP contribution in [0.25, 0.3) is 5.69 Å². The summed E-state index contributed by atoms with van der Waals surface area (Å²) in [7, 11) is 0.